The molecule has 0 aliphatic carbocycles. The topological polar surface area (TPSA) is 112 Å². The number of ketones is 1. The van der Waals surface area contributed by atoms with Crippen LogP contribution in [0.15, 0.2) is 42.5 Å². The Morgan fingerprint density at radius 3 is 1.77 bits per heavy atom. The largest absolute Gasteiger partial charge is 0.508 e. The molecule has 0 unspecified atom stereocenters. The van der Waals surface area contributed by atoms with Gasteiger partial charge in [-0.2, -0.15) is 0 Å². The molecule has 2 rings (SSSR count). The van der Waals surface area contributed by atoms with Crippen LogP contribution in [0.1, 0.15) is 36.6 Å². The van der Waals surface area contributed by atoms with Crippen molar-refractivity contribution in [2.75, 3.05) is 0 Å². The van der Waals surface area contributed by atoms with Crippen molar-refractivity contribution in [2.45, 2.75) is 6.42 Å². The number of Topliss-reactive ketones (excluding diaryl/α,β-unsaturated/α-hetero) is 1. The molecule has 0 spiro atoms. The fourth-order valence-electron chi connectivity index (χ4n) is 2.09. The van der Waals surface area contributed by atoms with Gasteiger partial charge in [-0.15, -0.1) is 0 Å². The SMILES string of the molecule is O=C(Cc1c(C(=O)O)cccc1C(=O)O)c1ccc(O)cc1. The van der Waals surface area contributed by atoms with E-state index in [4.69, 9.17) is 10.2 Å². The van der Waals surface area contributed by atoms with E-state index >= 15 is 0 Å². The molecule has 0 saturated heterocycles. The molecule has 2 aromatic carbocycles. The van der Waals surface area contributed by atoms with Crippen molar-refractivity contribution < 1.29 is 29.7 Å². The van der Waals surface area contributed by atoms with Crippen LogP contribution in [0.3, 0.4) is 0 Å². The number of aromatic carboxylic acids is 2. The molecule has 112 valence electrons. The lowest BCUT2D eigenvalue weighted by Gasteiger charge is -2.09. The van der Waals surface area contributed by atoms with Crippen molar-refractivity contribution in [1.82, 2.24) is 0 Å². The minimum atomic E-state index is -1.29. The number of carbonyl (C=O) groups is 3. The van der Waals surface area contributed by atoms with Crippen LogP contribution in [0.25, 0.3) is 0 Å². The zero-order valence-corrected chi connectivity index (χ0v) is 11.3. The van der Waals surface area contributed by atoms with Crippen LogP contribution in [-0.2, 0) is 6.42 Å². The van der Waals surface area contributed by atoms with Gasteiger partial charge < -0.3 is 15.3 Å². The molecule has 22 heavy (non-hydrogen) atoms. The van der Waals surface area contributed by atoms with Gasteiger partial charge in [0.15, 0.2) is 5.78 Å². The average molecular weight is 300 g/mol. The first-order chi connectivity index (χ1) is 10.4. The first-order valence-corrected chi connectivity index (χ1v) is 6.31. The Bertz CT molecular complexity index is 713. The molecule has 0 amide bonds. The summed E-state index contributed by atoms with van der Waals surface area (Å²) in [7, 11) is 0. The van der Waals surface area contributed by atoms with Gasteiger partial charge in [-0.25, -0.2) is 9.59 Å². The third-order valence-corrected chi connectivity index (χ3v) is 3.16. The van der Waals surface area contributed by atoms with Gasteiger partial charge in [0.05, 0.1) is 11.1 Å². The third kappa shape index (κ3) is 3.12. The van der Waals surface area contributed by atoms with Gasteiger partial charge in [0.1, 0.15) is 5.75 Å². The lowest BCUT2D eigenvalue weighted by molar-refractivity contribution is 0.0696. The summed E-state index contributed by atoms with van der Waals surface area (Å²) in [6.45, 7) is 0. The van der Waals surface area contributed by atoms with Crippen molar-refractivity contribution >= 4 is 17.7 Å². The highest BCUT2D eigenvalue weighted by atomic mass is 16.4. The monoisotopic (exact) mass is 300 g/mol. The quantitative estimate of drug-likeness (QED) is 0.730. The highest BCUT2D eigenvalue weighted by Gasteiger charge is 2.21. The standard InChI is InChI=1S/C16H12O6/c17-10-6-4-9(5-7-10)14(18)8-13-11(15(19)20)2-1-3-12(13)16(21)22/h1-7,17H,8H2,(H,19,20)(H,21,22). The minimum absolute atomic E-state index is 0.00582. The molecule has 0 aliphatic rings. The Labute approximate surface area is 125 Å². The van der Waals surface area contributed by atoms with E-state index < -0.39 is 17.7 Å². The zero-order valence-electron chi connectivity index (χ0n) is 11.3. The summed E-state index contributed by atoms with van der Waals surface area (Å²) in [4.78, 5) is 34.7. The van der Waals surface area contributed by atoms with E-state index in [0.29, 0.717) is 0 Å². The zero-order chi connectivity index (χ0) is 16.3. The van der Waals surface area contributed by atoms with E-state index in [2.05, 4.69) is 0 Å². The van der Waals surface area contributed by atoms with Crippen LogP contribution in [0.4, 0.5) is 0 Å². The van der Waals surface area contributed by atoms with Crippen LogP contribution in [0.2, 0.25) is 0 Å². The molecular weight excluding hydrogens is 288 g/mol. The third-order valence-electron chi connectivity index (χ3n) is 3.16. The number of benzene rings is 2. The van der Waals surface area contributed by atoms with Crippen LogP contribution < -0.4 is 0 Å². The van der Waals surface area contributed by atoms with E-state index in [1.807, 2.05) is 0 Å². The van der Waals surface area contributed by atoms with Crippen molar-refractivity contribution in [3.63, 3.8) is 0 Å². The molecule has 0 atom stereocenters. The van der Waals surface area contributed by atoms with Gasteiger partial charge in [0, 0.05) is 12.0 Å². The Kier molecular flexibility index (Phi) is 4.22. The summed E-state index contributed by atoms with van der Waals surface area (Å²) in [5.74, 6) is -3.03. The predicted molar refractivity (Wildman–Crippen MR) is 76.5 cm³/mol. The molecule has 0 aromatic heterocycles. The van der Waals surface area contributed by atoms with E-state index in [9.17, 15) is 19.5 Å². The van der Waals surface area contributed by atoms with Crippen LogP contribution in [0.5, 0.6) is 5.75 Å². The molecular formula is C16H12O6. The fourth-order valence-corrected chi connectivity index (χ4v) is 2.09. The molecule has 6 heteroatoms. The summed E-state index contributed by atoms with van der Waals surface area (Å²) in [6, 6.07) is 9.27. The number of aromatic hydroxyl groups is 1. The molecule has 0 radical (unpaired) electrons. The second kappa shape index (κ2) is 6.09. The molecule has 0 heterocycles. The van der Waals surface area contributed by atoms with Crippen LogP contribution in [-0.4, -0.2) is 33.0 Å². The number of carboxylic acid groups (broad SMARTS) is 2. The van der Waals surface area contributed by atoms with E-state index in [-0.39, 0.29) is 34.4 Å². The van der Waals surface area contributed by atoms with E-state index in [1.165, 1.54) is 42.5 Å². The van der Waals surface area contributed by atoms with Crippen LogP contribution in [0, 0.1) is 0 Å². The van der Waals surface area contributed by atoms with Gasteiger partial charge in [-0.1, -0.05) is 6.07 Å². The van der Waals surface area contributed by atoms with Crippen molar-refractivity contribution in [2.24, 2.45) is 0 Å². The maximum atomic E-state index is 12.2. The Morgan fingerprint density at radius 1 is 0.818 bits per heavy atom. The summed E-state index contributed by atoms with van der Waals surface area (Å²) < 4.78 is 0. The molecule has 0 fully saturated rings. The fraction of sp³-hybridized carbons (Fsp3) is 0.0625. The maximum absolute atomic E-state index is 12.2. The number of carboxylic acids is 2. The van der Waals surface area contributed by atoms with Gasteiger partial charge in [-0.3, -0.25) is 4.79 Å². The smallest absolute Gasteiger partial charge is 0.336 e. The lowest BCUT2D eigenvalue weighted by Crippen LogP contribution is -2.14. The summed E-state index contributed by atoms with van der Waals surface area (Å²) in [5.41, 5.74) is -0.214. The summed E-state index contributed by atoms with van der Waals surface area (Å²) in [6.07, 6.45) is -0.352. The van der Waals surface area contributed by atoms with Gasteiger partial charge >= 0.3 is 11.9 Å². The molecule has 0 bridgehead atoms. The average Bonchev–Trinajstić information content (AvgIpc) is 2.47. The molecule has 3 N–H and O–H groups in total. The lowest BCUT2D eigenvalue weighted by atomic mass is 9.94. The normalized spacial score (nSPS) is 10.2. The predicted octanol–water partition coefficient (Wildman–Crippen LogP) is 2.21. The molecule has 6 nitrogen and oxygen atoms in total. The number of hydrogen-bond acceptors (Lipinski definition) is 4. The summed E-state index contributed by atoms with van der Waals surface area (Å²) >= 11 is 0. The number of phenolic OH excluding ortho intramolecular Hbond substituents is 1. The number of rotatable bonds is 5. The van der Waals surface area contributed by atoms with Crippen molar-refractivity contribution in [1.29, 1.82) is 0 Å². The molecule has 0 aliphatic heterocycles. The number of hydrogen-bond donors (Lipinski definition) is 3. The van der Waals surface area contributed by atoms with E-state index in [1.54, 1.807) is 0 Å². The van der Waals surface area contributed by atoms with Gasteiger partial charge in [-0.05, 0) is 42.0 Å². The number of carbonyl (C=O) groups excluding carboxylic acids is 1. The van der Waals surface area contributed by atoms with Gasteiger partial charge in [0.25, 0.3) is 0 Å². The first kappa shape index (κ1) is 15.2. The van der Waals surface area contributed by atoms with Crippen molar-refractivity contribution in [3.05, 3.63) is 64.7 Å². The van der Waals surface area contributed by atoms with E-state index in [0.717, 1.165) is 0 Å². The minimum Gasteiger partial charge on any atom is -0.508 e. The highest BCUT2D eigenvalue weighted by Crippen LogP contribution is 2.19. The second-order valence-electron chi connectivity index (χ2n) is 4.59. The second-order valence-corrected chi connectivity index (χ2v) is 4.59. The maximum Gasteiger partial charge on any atom is 0.336 e. The van der Waals surface area contributed by atoms with Gasteiger partial charge in [0.2, 0.25) is 0 Å². The molecule has 2 aromatic rings. The molecule has 0 saturated carbocycles. The number of phenols is 1. The Morgan fingerprint density at radius 2 is 1.32 bits per heavy atom. The van der Waals surface area contributed by atoms with Crippen LogP contribution >= 0.6 is 0 Å². The highest BCUT2D eigenvalue weighted by molar-refractivity contribution is 6.03. The Hall–Kier alpha value is -3.15. The first-order valence-electron chi connectivity index (χ1n) is 6.31. The Balaban J connectivity index is 2.43. The summed E-state index contributed by atoms with van der Waals surface area (Å²) in [5, 5.41) is 27.5. The van der Waals surface area contributed by atoms with Crippen molar-refractivity contribution in [3.8, 4) is 5.75 Å².